The van der Waals surface area contributed by atoms with Crippen LogP contribution in [0.2, 0.25) is 0 Å². The summed E-state index contributed by atoms with van der Waals surface area (Å²) in [5.41, 5.74) is 2.26. The van der Waals surface area contributed by atoms with Gasteiger partial charge in [-0.25, -0.2) is 9.97 Å². The smallest absolute Gasteiger partial charge is 0.161 e. The van der Waals surface area contributed by atoms with Crippen LogP contribution >= 0.6 is 0 Å². The summed E-state index contributed by atoms with van der Waals surface area (Å²) in [4.78, 5) is 11.9. The van der Waals surface area contributed by atoms with Crippen molar-refractivity contribution in [1.82, 2.24) is 14.9 Å². The molecule has 5 heteroatoms. The molecule has 3 rings (SSSR count). The Balaban J connectivity index is 1.85. The maximum atomic E-state index is 6.01. The van der Waals surface area contributed by atoms with Crippen LogP contribution in [0.4, 0.5) is 5.82 Å². The van der Waals surface area contributed by atoms with Gasteiger partial charge in [0.2, 0.25) is 0 Å². The van der Waals surface area contributed by atoms with Crippen molar-refractivity contribution in [1.29, 1.82) is 0 Å². The van der Waals surface area contributed by atoms with Crippen molar-refractivity contribution in [2.24, 2.45) is 0 Å². The second-order valence-electron chi connectivity index (χ2n) is 5.71. The first-order chi connectivity index (χ1) is 9.72. The number of nitrogens with zero attached hydrogens (tertiary/aromatic N) is 3. The number of anilines is 1. The van der Waals surface area contributed by atoms with E-state index in [1.807, 2.05) is 7.05 Å². The van der Waals surface area contributed by atoms with Gasteiger partial charge in [0.15, 0.2) is 5.82 Å². The molecule has 1 aromatic rings. The monoisotopic (exact) mass is 276 g/mol. The molecule has 110 valence electrons. The number of hydrogen-bond acceptors (Lipinski definition) is 5. The molecule has 2 aliphatic rings. The van der Waals surface area contributed by atoms with Crippen LogP contribution in [0.15, 0.2) is 0 Å². The van der Waals surface area contributed by atoms with E-state index >= 15 is 0 Å². The topological polar surface area (TPSA) is 50.3 Å². The van der Waals surface area contributed by atoms with Gasteiger partial charge in [-0.2, -0.15) is 0 Å². The zero-order chi connectivity index (χ0) is 14.1. The number of aromatic nitrogens is 2. The molecule has 0 saturated carbocycles. The summed E-state index contributed by atoms with van der Waals surface area (Å²) < 4.78 is 6.01. The highest BCUT2D eigenvalue weighted by molar-refractivity contribution is 5.46. The molecule has 1 N–H and O–H groups in total. The standard InChI is InChI=1S/C15H24N4O/c1-4-12-10(2)17-15(18-14(12)16-3)13-8-19-7-5-6-11(19)9-20-13/h11,13H,4-9H2,1-3H3,(H,16,17,18). The lowest BCUT2D eigenvalue weighted by Gasteiger charge is -2.34. The SMILES string of the molecule is CCc1c(C)nc(C2CN3CCCC3CO2)nc1NC. The van der Waals surface area contributed by atoms with Gasteiger partial charge < -0.3 is 10.1 Å². The van der Waals surface area contributed by atoms with E-state index in [1.165, 1.54) is 24.9 Å². The van der Waals surface area contributed by atoms with E-state index in [0.717, 1.165) is 36.9 Å². The number of hydrogen-bond donors (Lipinski definition) is 1. The summed E-state index contributed by atoms with van der Waals surface area (Å²) in [5, 5.41) is 3.19. The van der Waals surface area contributed by atoms with Gasteiger partial charge in [0.1, 0.15) is 11.9 Å². The van der Waals surface area contributed by atoms with Crippen molar-refractivity contribution in [2.45, 2.75) is 45.3 Å². The van der Waals surface area contributed by atoms with E-state index in [2.05, 4.69) is 34.0 Å². The maximum absolute atomic E-state index is 6.01. The molecular formula is C15H24N4O. The molecule has 0 radical (unpaired) electrons. The van der Waals surface area contributed by atoms with Crippen LogP contribution in [-0.2, 0) is 11.2 Å². The van der Waals surface area contributed by atoms with Gasteiger partial charge in [-0.1, -0.05) is 6.92 Å². The number of morpholine rings is 1. The molecular weight excluding hydrogens is 252 g/mol. The number of nitrogens with one attached hydrogen (secondary N) is 1. The van der Waals surface area contributed by atoms with Crippen molar-refractivity contribution in [2.75, 3.05) is 32.1 Å². The molecule has 2 unspecified atom stereocenters. The Hall–Kier alpha value is -1.20. The Morgan fingerprint density at radius 2 is 2.25 bits per heavy atom. The second kappa shape index (κ2) is 5.66. The van der Waals surface area contributed by atoms with Crippen LogP contribution in [0.25, 0.3) is 0 Å². The summed E-state index contributed by atoms with van der Waals surface area (Å²) >= 11 is 0. The minimum absolute atomic E-state index is 0.0149. The van der Waals surface area contributed by atoms with Gasteiger partial charge in [0.05, 0.1) is 6.61 Å². The Bertz CT molecular complexity index is 491. The Morgan fingerprint density at radius 3 is 3.00 bits per heavy atom. The van der Waals surface area contributed by atoms with E-state index in [9.17, 15) is 0 Å². The average molecular weight is 276 g/mol. The van der Waals surface area contributed by atoms with Crippen LogP contribution in [0.3, 0.4) is 0 Å². The van der Waals surface area contributed by atoms with Crippen LogP contribution in [0.5, 0.6) is 0 Å². The molecule has 2 fully saturated rings. The largest absolute Gasteiger partial charge is 0.373 e. The van der Waals surface area contributed by atoms with Crippen molar-refractivity contribution in [3.05, 3.63) is 17.1 Å². The minimum Gasteiger partial charge on any atom is -0.373 e. The molecule has 2 aliphatic heterocycles. The quantitative estimate of drug-likeness (QED) is 0.914. The third-order valence-electron chi connectivity index (χ3n) is 4.50. The van der Waals surface area contributed by atoms with Gasteiger partial charge in [0, 0.05) is 30.9 Å². The molecule has 0 bridgehead atoms. The van der Waals surface area contributed by atoms with Gasteiger partial charge in [-0.05, 0) is 32.7 Å². The fourth-order valence-corrected chi connectivity index (χ4v) is 3.37. The molecule has 0 aromatic carbocycles. The predicted octanol–water partition coefficient (Wildman–Crippen LogP) is 1.92. The minimum atomic E-state index is 0.0149. The number of aryl methyl sites for hydroxylation is 1. The highest BCUT2D eigenvalue weighted by Crippen LogP contribution is 2.30. The fourth-order valence-electron chi connectivity index (χ4n) is 3.37. The molecule has 0 aliphatic carbocycles. The molecule has 5 nitrogen and oxygen atoms in total. The number of rotatable bonds is 3. The molecule has 2 atom stereocenters. The highest BCUT2D eigenvalue weighted by atomic mass is 16.5. The summed E-state index contributed by atoms with van der Waals surface area (Å²) in [6.45, 7) is 7.14. The molecule has 0 spiro atoms. The van der Waals surface area contributed by atoms with Gasteiger partial charge in [-0.15, -0.1) is 0 Å². The maximum Gasteiger partial charge on any atom is 0.161 e. The predicted molar refractivity (Wildman–Crippen MR) is 79.0 cm³/mol. The lowest BCUT2D eigenvalue weighted by atomic mass is 10.1. The highest BCUT2D eigenvalue weighted by Gasteiger charge is 2.34. The summed E-state index contributed by atoms with van der Waals surface area (Å²) in [6, 6.07) is 0.617. The van der Waals surface area contributed by atoms with E-state index in [0.29, 0.717) is 6.04 Å². The number of fused-ring (bicyclic) bond motifs is 1. The third-order valence-corrected chi connectivity index (χ3v) is 4.50. The first-order valence-electron chi connectivity index (χ1n) is 7.63. The first-order valence-corrected chi connectivity index (χ1v) is 7.63. The Labute approximate surface area is 120 Å². The van der Waals surface area contributed by atoms with Crippen molar-refractivity contribution in [3.63, 3.8) is 0 Å². The van der Waals surface area contributed by atoms with E-state index in [4.69, 9.17) is 4.74 Å². The fraction of sp³-hybridized carbons (Fsp3) is 0.733. The van der Waals surface area contributed by atoms with Crippen molar-refractivity contribution >= 4 is 5.82 Å². The second-order valence-corrected chi connectivity index (χ2v) is 5.71. The van der Waals surface area contributed by atoms with Crippen molar-refractivity contribution in [3.8, 4) is 0 Å². The molecule has 20 heavy (non-hydrogen) atoms. The summed E-state index contributed by atoms with van der Waals surface area (Å²) in [5.74, 6) is 1.77. The number of ether oxygens (including phenoxy) is 1. The van der Waals surface area contributed by atoms with Crippen LogP contribution in [0, 0.1) is 6.92 Å². The molecule has 2 saturated heterocycles. The van der Waals surface area contributed by atoms with E-state index in [1.54, 1.807) is 0 Å². The lowest BCUT2D eigenvalue weighted by Crippen LogP contribution is -2.43. The normalized spacial score (nSPS) is 26.6. The van der Waals surface area contributed by atoms with E-state index < -0.39 is 0 Å². The Morgan fingerprint density at radius 1 is 1.40 bits per heavy atom. The van der Waals surface area contributed by atoms with Crippen LogP contribution in [0.1, 0.15) is 43.0 Å². The molecule has 3 heterocycles. The first kappa shape index (κ1) is 13.8. The van der Waals surface area contributed by atoms with Crippen LogP contribution < -0.4 is 5.32 Å². The zero-order valence-corrected chi connectivity index (χ0v) is 12.6. The summed E-state index contributed by atoms with van der Waals surface area (Å²) in [6.07, 6.45) is 3.52. The molecule has 1 aromatic heterocycles. The summed E-state index contributed by atoms with van der Waals surface area (Å²) in [7, 11) is 1.92. The average Bonchev–Trinajstić information content (AvgIpc) is 2.93. The third kappa shape index (κ3) is 2.40. The van der Waals surface area contributed by atoms with Gasteiger partial charge in [0.25, 0.3) is 0 Å². The molecule has 0 amide bonds. The van der Waals surface area contributed by atoms with Crippen LogP contribution in [-0.4, -0.2) is 47.7 Å². The Kier molecular flexibility index (Phi) is 3.89. The van der Waals surface area contributed by atoms with Crippen molar-refractivity contribution < 1.29 is 4.74 Å². The zero-order valence-electron chi connectivity index (χ0n) is 12.6. The van der Waals surface area contributed by atoms with Gasteiger partial charge in [-0.3, -0.25) is 4.90 Å². The lowest BCUT2D eigenvalue weighted by molar-refractivity contribution is -0.0541. The van der Waals surface area contributed by atoms with E-state index in [-0.39, 0.29) is 6.10 Å². The van der Waals surface area contributed by atoms with Gasteiger partial charge >= 0.3 is 0 Å².